The molecule has 20 heavy (non-hydrogen) atoms. The third kappa shape index (κ3) is 3.20. The molecule has 1 aromatic carbocycles. The Morgan fingerprint density at radius 1 is 0.800 bits per heavy atom. The summed E-state index contributed by atoms with van der Waals surface area (Å²) in [7, 11) is -7.95. The van der Waals surface area contributed by atoms with E-state index in [0.717, 1.165) is 19.3 Å². The summed E-state index contributed by atoms with van der Waals surface area (Å²) in [6.07, 6.45) is 4.40. The van der Waals surface area contributed by atoms with E-state index in [1.54, 1.807) is 0 Å². The van der Waals surface area contributed by atoms with E-state index in [4.69, 9.17) is 10.3 Å². The minimum Gasteiger partial charge on any atom is -0.225 e. The van der Waals surface area contributed by atoms with Gasteiger partial charge in [0, 0.05) is 0 Å². The number of nitrogens with two attached hydrogens (primary N) is 2. The standard InChI is InChI=1S/C12H18N2O4S2/c13-19(15,16)11-8-7-9-5-3-1-2-4-6-10(11)12(9)20(14,17)18/h7-8H,1-6H2,(H2,13,15,16)(H2,14,17,18). The van der Waals surface area contributed by atoms with Crippen LogP contribution in [0.3, 0.4) is 0 Å². The van der Waals surface area contributed by atoms with Crippen LogP contribution in [0.2, 0.25) is 0 Å². The first-order valence-corrected chi connectivity index (χ1v) is 9.51. The van der Waals surface area contributed by atoms with Crippen molar-refractivity contribution in [2.45, 2.75) is 48.3 Å². The zero-order valence-corrected chi connectivity index (χ0v) is 12.6. The van der Waals surface area contributed by atoms with Gasteiger partial charge in [0.05, 0.1) is 9.79 Å². The van der Waals surface area contributed by atoms with Gasteiger partial charge in [0.1, 0.15) is 0 Å². The van der Waals surface area contributed by atoms with Crippen molar-refractivity contribution in [2.24, 2.45) is 10.3 Å². The summed E-state index contributed by atoms with van der Waals surface area (Å²) in [5.41, 5.74) is 0.825. The highest BCUT2D eigenvalue weighted by atomic mass is 32.2. The summed E-state index contributed by atoms with van der Waals surface area (Å²) in [6.45, 7) is 0. The van der Waals surface area contributed by atoms with E-state index in [0.29, 0.717) is 24.8 Å². The molecule has 0 spiro atoms. The van der Waals surface area contributed by atoms with Crippen LogP contribution in [-0.4, -0.2) is 16.8 Å². The second-order valence-corrected chi connectivity index (χ2v) is 8.06. The number of hydrogen-bond acceptors (Lipinski definition) is 4. The van der Waals surface area contributed by atoms with Crippen LogP contribution < -0.4 is 10.3 Å². The van der Waals surface area contributed by atoms with Gasteiger partial charge in [0.2, 0.25) is 20.0 Å². The fourth-order valence-electron chi connectivity index (χ4n) is 2.68. The van der Waals surface area contributed by atoms with Gasteiger partial charge in [0.25, 0.3) is 0 Å². The molecule has 1 aromatic rings. The van der Waals surface area contributed by atoms with Crippen molar-refractivity contribution < 1.29 is 16.8 Å². The van der Waals surface area contributed by atoms with E-state index < -0.39 is 20.0 Å². The number of primary sulfonamides is 2. The summed E-state index contributed by atoms with van der Waals surface area (Å²) in [6, 6.07) is 2.90. The first-order chi connectivity index (χ1) is 9.21. The molecule has 1 aliphatic carbocycles. The van der Waals surface area contributed by atoms with Crippen molar-refractivity contribution in [3.63, 3.8) is 0 Å². The highest BCUT2D eigenvalue weighted by molar-refractivity contribution is 7.90. The Morgan fingerprint density at radius 3 is 1.95 bits per heavy atom. The topological polar surface area (TPSA) is 120 Å². The number of fused-ring (bicyclic) bond motifs is 2. The highest BCUT2D eigenvalue weighted by Crippen LogP contribution is 2.30. The Kier molecular flexibility index (Phi) is 4.19. The molecule has 4 N–H and O–H groups in total. The molecular formula is C12H18N2O4S2. The lowest BCUT2D eigenvalue weighted by molar-refractivity contribution is 0.591. The van der Waals surface area contributed by atoms with Crippen LogP contribution in [0.5, 0.6) is 0 Å². The van der Waals surface area contributed by atoms with Gasteiger partial charge in [-0.2, -0.15) is 0 Å². The van der Waals surface area contributed by atoms with Crippen molar-refractivity contribution in [1.29, 1.82) is 0 Å². The molecule has 1 aliphatic rings. The molecule has 0 heterocycles. The van der Waals surface area contributed by atoms with Gasteiger partial charge < -0.3 is 0 Å². The van der Waals surface area contributed by atoms with Crippen LogP contribution >= 0.6 is 0 Å². The van der Waals surface area contributed by atoms with Gasteiger partial charge in [0.15, 0.2) is 0 Å². The molecule has 0 saturated heterocycles. The maximum absolute atomic E-state index is 11.9. The zero-order valence-electron chi connectivity index (χ0n) is 11.0. The quantitative estimate of drug-likeness (QED) is 0.831. The first-order valence-electron chi connectivity index (χ1n) is 6.41. The van der Waals surface area contributed by atoms with Gasteiger partial charge >= 0.3 is 0 Å². The van der Waals surface area contributed by atoms with Crippen LogP contribution in [0.15, 0.2) is 21.9 Å². The molecule has 0 unspecified atom stereocenters. The minimum absolute atomic E-state index is 0.0501. The number of rotatable bonds is 2. The summed E-state index contributed by atoms with van der Waals surface area (Å²) < 4.78 is 47.0. The Bertz CT molecular complexity index is 724. The van der Waals surface area contributed by atoms with E-state index in [1.807, 2.05) is 0 Å². The van der Waals surface area contributed by atoms with Crippen LogP contribution in [0, 0.1) is 0 Å². The van der Waals surface area contributed by atoms with E-state index >= 15 is 0 Å². The van der Waals surface area contributed by atoms with Gasteiger partial charge in [-0.1, -0.05) is 18.9 Å². The van der Waals surface area contributed by atoms with Crippen molar-refractivity contribution >= 4 is 20.0 Å². The van der Waals surface area contributed by atoms with Gasteiger partial charge in [-0.25, -0.2) is 27.1 Å². The fraction of sp³-hybridized carbons (Fsp3) is 0.500. The van der Waals surface area contributed by atoms with E-state index in [-0.39, 0.29) is 15.4 Å². The van der Waals surface area contributed by atoms with Crippen LogP contribution in [-0.2, 0) is 32.9 Å². The lowest BCUT2D eigenvalue weighted by Gasteiger charge is -2.15. The van der Waals surface area contributed by atoms with E-state index in [9.17, 15) is 16.8 Å². The van der Waals surface area contributed by atoms with Crippen molar-refractivity contribution in [3.8, 4) is 0 Å². The van der Waals surface area contributed by atoms with Crippen LogP contribution in [0.25, 0.3) is 0 Å². The molecule has 2 bridgehead atoms. The Morgan fingerprint density at radius 2 is 1.40 bits per heavy atom. The van der Waals surface area contributed by atoms with E-state index in [2.05, 4.69) is 0 Å². The molecule has 0 aliphatic heterocycles. The number of hydrogen-bond donors (Lipinski definition) is 2. The lowest BCUT2D eigenvalue weighted by atomic mass is 10.0. The Labute approximate surface area is 119 Å². The summed E-state index contributed by atoms with van der Waals surface area (Å²) in [4.78, 5) is -0.182. The van der Waals surface area contributed by atoms with Crippen molar-refractivity contribution in [3.05, 3.63) is 23.3 Å². The molecule has 0 atom stereocenters. The van der Waals surface area contributed by atoms with Crippen LogP contribution in [0.1, 0.15) is 36.8 Å². The molecule has 0 amide bonds. The average Bonchev–Trinajstić information content (AvgIpc) is 2.35. The SMILES string of the molecule is NS(=O)(=O)c1ccc2c(S(N)(=O)=O)c1CCCCCC2. The normalized spacial score (nSPS) is 17.1. The van der Waals surface area contributed by atoms with Gasteiger partial charge in [-0.15, -0.1) is 0 Å². The molecule has 112 valence electrons. The number of sulfonamides is 2. The summed E-state index contributed by atoms with van der Waals surface area (Å²) in [5, 5.41) is 10.5. The number of benzene rings is 1. The molecule has 0 aromatic heterocycles. The monoisotopic (exact) mass is 318 g/mol. The molecule has 8 heteroatoms. The predicted molar refractivity (Wildman–Crippen MR) is 75.1 cm³/mol. The first kappa shape index (κ1) is 15.4. The largest absolute Gasteiger partial charge is 0.238 e. The summed E-state index contributed by atoms with van der Waals surface area (Å²) in [5.74, 6) is 0. The Balaban J connectivity index is 2.81. The molecule has 0 fully saturated rings. The molecule has 0 saturated carbocycles. The van der Waals surface area contributed by atoms with Crippen molar-refractivity contribution in [1.82, 2.24) is 0 Å². The Hall–Kier alpha value is -0.960. The lowest BCUT2D eigenvalue weighted by Crippen LogP contribution is -2.21. The third-order valence-electron chi connectivity index (χ3n) is 3.51. The summed E-state index contributed by atoms with van der Waals surface area (Å²) >= 11 is 0. The van der Waals surface area contributed by atoms with E-state index in [1.165, 1.54) is 12.1 Å². The van der Waals surface area contributed by atoms with Gasteiger partial charge in [-0.3, -0.25) is 0 Å². The van der Waals surface area contributed by atoms with Crippen molar-refractivity contribution in [2.75, 3.05) is 0 Å². The zero-order chi connectivity index (χ0) is 15.0. The maximum Gasteiger partial charge on any atom is 0.238 e. The highest BCUT2D eigenvalue weighted by Gasteiger charge is 2.26. The third-order valence-corrected chi connectivity index (χ3v) is 5.59. The maximum atomic E-state index is 11.9. The fourth-order valence-corrected chi connectivity index (χ4v) is 4.64. The second kappa shape index (κ2) is 5.44. The minimum atomic E-state index is -3.98. The molecule has 0 radical (unpaired) electrons. The second-order valence-electron chi connectivity index (χ2n) is 5.03. The van der Waals surface area contributed by atoms with Crippen LogP contribution in [0.4, 0.5) is 0 Å². The number of aryl methyl sites for hydroxylation is 1. The van der Waals surface area contributed by atoms with Gasteiger partial charge in [-0.05, 0) is 42.9 Å². The smallest absolute Gasteiger partial charge is 0.225 e. The predicted octanol–water partition coefficient (Wildman–Crippen LogP) is 0.640. The molecular weight excluding hydrogens is 300 g/mol. The average molecular weight is 318 g/mol. The molecule has 6 nitrogen and oxygen atoms in total. The molecule has 2 rings (SSSR count).